The summed E-state index contributed by atoms with van der Waals surface area (Å²) in [7, 11) is 1.70. The van der Waals surface area contributed by atoms with Gasteiger partial charge in [-0.3, -0.25) is 9.48 Å². The van der Waals surface area contributed by atoms with Crippen molar-refractivity contribution in [1.29, 1.82) is 0 Å². The first-order chi connectivity index (χ1) is 13.0. The number of carbonyl (C=O) groups is 1. The van der Waals surface area contributed by atoms with E-state index in [1.54, 1.807) is 24.7 Å². The Bertz CT molecular complexity index is 928. The standard InChI is InChI=1S/C17H21F3N6O2/c1-9-7-25(14(27)12-6-11(10-4-5-10)23-24(12)3)8-13-21-22-15(26(9)13)16(2,28)17(18,19)20/h6,9-10,28H,4-5,7-8H2,1-3H3/t9-,16+/m0/s1. The van der Waals surface area contributed by atoms with Crippen molar-refractivity contribution >= 4 is 5.91 Å². The van der Waals surface area contributed by atoms with Gasteiger partial charge in [0.05, 0.1) is 18.3 Å². The molecule has 0 aromatic carbocycles. The number of aromatic nitrogens is 5. The molecule has 1 aliphatic carbocycles. The predicted octanol–water partition coefficient (Wildman–Crippen LogP) is 1.88. The van der Waals surface area contributed by atoms with Gasteiger partial charge in [0.25, 0.3) is 5.91 Å². The maximum Gasteiger partial charge on any atom is 0.424 e. The number of alkyl halides is 3. The summed E-state index contributed by atoms with van der Waals surface area (Å²) in [4.78, 5) is 14.5. The Balaban J connectivity index is 1.62. The van der Waals surface area contributed by atoms with Crippen LogP contribution in [0.15, 0.2) is 6.07 Å². The lowest BCUT2D eigenvalue weighted by Crippen LogP contribution is -2.46. The fraction of sp³-hybridized carbons (Fsp3) is 0.647. The quantitative estimate of drug-likeness (QED) is 0.853. The highest BCUT2D eigenvalue weighted by atomic mass is 19.4. The van der Waals surface area contributed by atoms with Crippen LogP contribution in [0.1, 0.15) is 66.5 Å². The maximum atomic E-state index is 13.2. The number of rotatable bonds is 3. The van der Waals surface area contributed by atoms with Crippen LogP contribution in [0.4, 0.5) is 13.2 Å². The van der Waals surface area contributed by atoms with E-state index in [9.17, 15) is 23.1 Å². The van der Waals surface area contributed by atoms with E-state index in [1.165, 1.54) is 9.47 Å². The zero-order valence-electron chi connectivity index (χ0n) is 15.7. The zero-order chi connectivity index (χ0) is 20.4. The van der Waals surface area contributed by atoms with Gasteiger partial charge in [-0.2, -0.15) is 18.3 Å². The smallest absolute Gasteiger partial charge is 0.374 e. The summed E-state index contributed by atoms with van der Waals surface area (Å²) in [5.41, 5.74) is -1.80. The summed E-state index contributed by atoms with van der Waals surface area (Å²) in [6.45, 7) is 2.51. The van der Waals surface area contributed by atoms with Gasteiger partial charge < -0.3 is 14.6 Å². The van der Waals surface area contributed by atoms with Gasteiger partial charge >= 0.3 is 6.18 Å². The van der Waals surface area contributed by atoms with E-state index < -0.39 is 23.6 Å². The molecule has 0 spiro atoms. The van der Waals surface area contributed by atoms with E-state index in [1.807, 2.05) is 0 Å². The van der Waals surface area contributed by atoms with Crippen LogP contribution in [0.3, 0.4) is 0 Å². The molecule has 8 nitrogen and oxygen atoms in total. The summed E-state index contributed by atoms with van der Waals surface area (Å²) in [6.07, 6.45) is -2.76. The van der Waals surface area contributed by atoms with Crippen LogP contribution in [-0.4, -0.2) is 53.2 Å². The van der Waals surface area contributed by atoms with Crippen LogP contribution in [0.5, 0.6) is 0 Å². The van der Waals surface area contributed by atoms with Gasteiger partial charge in [-0.15, -0.1) is 10.2 Å². The van der Waals surface area contributed by atoms with Crippen molar-refractivity contribution in [3.05, 3.63) is 29.1 Å². The number of amides is 1. The number of hydrogen-bond acceptors (Lipinski definition) is 5. The van der Waals surface area contributed by atoms with Gasteiger partial charge in [-0.25, -0.2) is 0 Å². The molecule has 1 fully saturated rings. The number of aryl methyl sites for hydroxylation is 1. The van der Waals surface area contributed by atoms with Crippen LogP contribution < -0.4 is 0 Å². The Labute approximate surface area is 159 Å². The predicted molar refractivity (Wildman–Crippen MR) is 90.3 cm³/mol. The summed E-state index contributed by atoms with van der Waals surface area (Å²) >= 11 is 0. The molecule has 152 valence electrons. The number of carbonyl (C=O) groups excluding carboxylic acids is 1. The van der Waals surface area contributed by atoms with Crippen LogP contribution in [0, 0.1) is 0 Å². The fourth-order valence-electron chi connectivity index (χ4n) is 3.57. The fourth-order valence-corrected chi connectivity index (χ4v) is 3.57. The first kappa shape index (κ1) is 18.9. The Kier molecular flexibility index (Phi) is 4.07. The highest BCUT2D eigenvalue weighted by molar-refractivity contribution is 5.92. The minimum atomic E-state index is -4.89. The molecular weight excluding hydrogens is 377 g/mol. The number of fused-ring (bicyclic) bond motifs is 1. The molecular formula is C17H21F3N6O2. The molecule has 4 rings (SSSR count). The molecule has 1 aliphatic heterocycles. The molecule has 2 aliphatic rings. The highest BCUT2D eigenvalue weighted by Gasteiger charge is 2.55. The van der Waals surface area contributed by atoms with Gasteiger partial charge in [0.2, 0.25) is 5.60 Å². The molecule has 3 heterocycles. The minimum absolute atomic E-state index is 0.00799. The first-order valence-corrected chi connectivity index (χ1v) is 9.07. The van der Waals surface area contributed by atoms with Gasteiger partial charge in [-0.1, -0.05) is 0 Å². The van der Waals surface area contributed by atoms with Crippen molar-refractivity contribution in [1.82, 2.24) is 29.4 Å². The summed E-state index contributed by atoms with van der Waals surface area (Å²) in [5, 5.41) is 21.8. The third-order valence-electron chi connectivity index (χ3n) is 5.41. The van der Waals surface area contributed by atoms with Crippen LogP contribution in [0.2, 0.25) is 0 Å². The summed E-state index contributed by atoms with van der Waals surface area (Å²) in [6, 6.07) is 1.26. The number of aliphatic hydroxyl groups is 1. The van der Waals surface area contributed by atoms with Crippen molar-refractivity contribution in [2.45, 2.75) is 57.0 Å². The van der Waals surface area contributed by atoms with Crippen molar-refractivity contribution in [2.75, 3.05) is 6.54 Å². The van der Waals surface area contributed by atoms with Crippen molar-refractivity contribution in [3.63, 3.8) is 0 Å². The van der Waals surface area contributed by atoms with Gasteiger partial charge in [0.15, 0.2) is 11.6 Å². The molecule has 2 aromatic rings. The summed E-state index contributed by atoms with van der Waals surface area (Å²) < 4.78 is 42.5. The molecule has 1 amide bonds. The number of halogens is 3. The molecule has 0 saturated heterocycles. The summed E-state index contributed by atoms with van der Waals surface area (Å²) in [5.74, 6) is -0.210. The molecule has 1 N–H and O–H groups in total. The average Bonchev–Trinajstić information content (AvgIpc) is 3.23. The normalized spacial score (nSPS) is 22.1. The first-order valence-electron chi connectivity index (χ1n) is 9.07. The van der Waals surface area contributed by atoms with Crippen molar-refractivity contribution in [3.8, 4) is 0 Å². The monoisotopic (exact) mass is 398 g/mol. The Morgan fingerprint density at radius 2 is 1.96 bits per heavy atom. The Morgan fingerprint density at radius 1 is 1.29 bits per heavy atom. The molecule has 28 heavy (non-hydrogen) atoms. The molecule has 2 atom stereocenters. The topological polar surface area (TPSA) is 89.1 Å². The average molecular weight is 398 g/mol. The van der Waals surface area contributed by atoms with Crippen molar-refractivity contribution in [2.24, 2.45) is 7.05 Å². The molecule has 0 radical (unpaired) electrons. The minimum Gasteiger partial charge on any atom is -0.374 e. The van der Waals surface area contributed by atoms with E-state index in [0.29, 0.717) is 18.5 Å². The van der Waals surface area contributed by atoms with E-state index in [2.05, 4.69) is 15.3 Å². The van der Waals surface area contributed by atoms with Gasteiger partial charge in [-0.05, 0) is 32.8 Å². The SMILES string of the molecule is C[C@H]1CN(C(=O)c2cc(C3CC3)nn2C)Cc2nnc([C@@](C)(O)C(F)(F)F)n21. The molecule has 0 unspecified atom stereocenters. The lowest BCUT2D eigenvalue weighted by Gasteiger charge is -2.34. The second kappa shape index (κ2) is 6.03. The number of hydrogen-bond donors (Lipinski definition) is 1. The van der Waals surface area contributed by atoms with E-state index in [-0.39, 0.29) is 24.8 Å². The van der Waals surface area contributed by atoms with E-state index in [4.69, 9.17) is 0 Å². The second-order valence-electron chi connectivity index (χ2n) is 7.77. The Morgan fingerprint density at radius 3 is 2.57 bits per heavy atom. The largest absolute Gasteiger partial charge is 0.424 e. The third kappa shape index (κ3) is 2.88. The Hall–Kier alpha value is -2.43. The lowest BCUT2D eigenvalue weighted by atomic mass is 10.0. The maximum absolute atomic E-state index is 13.2. The molecule has 2 aromatic heterocycles. The van der Waals surface area contributed by atoms with Gasteiger partial charge in [0, 0.05) is 19.5 Å². The van der Waals surface area contributed by atoms with Crippen LogP contribution in [0.25, 0.3) is 0 Å². The highest BCUT2D eigenvalue weighted by Crippen LogP contribution is 2.40. The third-order valence-corrected chi connectivity index (χ3v) is 5.41. The van der Waals surface area contributed by atoms with E-state index in [0.717, 1.165) is 18.5 Å². The molecule has 0 bridgehead atoms. The van der Waals surface area contributed by atoms with Crippen molar-refractivity contribution < 1.29 is 23.1 Å². The zero-order valence-corrected chi connectivity index (χ0v) is 15.7. The number of nitrogens with zero attached hydrogens (tertiary/aromatic N) is 6. The molecule has 11 heteroatoms. The second-order valence-corrected chi connectivity index (χ2v) is 7.77. The molecule has 1 saturated carbocycles. The van der Waals surface area contributed by atoms with Gasteiger partial charge in [0.1, 0.15) is 5.69 Å². The van der Waals surface area contributed by atoms with Crippen LogP contribution >= 0.6 is 0 Å². The van der Waals surface area contributed by atoms with Crippen LogP contribution in [-0.2, 0) is 19.2 Å². The lowest BCUT2D eigenvalue weighted by molar-refractivity contribution is -0.263. The van der Waals surface area contributed by atoms with E-state index >= 15 is 0 Å².